The van der Waals surface area contributed by atoms with Crippen molar-refractivity contribution in [1.82, 2.24) is 20.3 Å². The first kappa shape index (κ1) is 17.3. The van der Waals surface area contributed by atoms with Gasteiger partial charge in [-0.05, 0) is 24.6 Å². The number of rotatable bonds is 5. The second-order valence-electron chi connectivity index (χ2n) is 6.47. The minimum Gasteiger partial charge on any atom is -0.491 e. The molecule has 1 aliphatic heterocycles. The molecule has 27 heavy (non-hydrogen) atoms. The molecule has 0 spiro atoms. The molecule has 0 fully saturated rings. The highest BCUT2D eigenvalue weighted by Crippen LogP contribution is 2.32. The first-order chi connectivity index (χ1) is 13.2. The lowest BCUT2D eigenvalue weighted by molar-refractivity contribution is 0.0957. The van der Waals surface area contributed by atoms with E-state index in [1.54, 1.807) is 19.4 Å². The Morgan fingerprint density at radius 1 is 1.37 bits per heavy atom. The number of ether oxygens (including phenoxy) is 2. The van der Waals surface area contributed by atoms with Crippen LogP contribution in [0.2, 0.25) is 0 Å². The van der Waals surface area contributed by atoms with Crippen molar-refractivity contribution in [2.45, 2.75) is 13.0 Å². The predicted octanol–water partition coefficient (Wildman–Crippen LogP) is 2.19. The number of benzene rings is 1. The van der Waals surface area contributed by atoms with Crippen molar-refractivity contribution in [2.75, 3.05) is 32.2 Å². The van der Waals surface area contributed by atoms with E-state index in [0.717, 1.165) is 22.2 Å². The summed E-state index contributed by atoms with van der Waals surface area (Å²) in [5, 5.41) is 6.92. The average molecular weight is 367 g/mol. The number of aromatic amines is 1. The van der Waals surface area contributed by atoms with Crippen LogP contribution in [-0.4, -0.2) is 53.8 Å². The maximum atomic E-state index is 12.1. The van der Waals surface area contributed by atoms with E-state index in [2.05, 4.69) is 25.6 Å². The summed E-state index contributed by atoms with van der Waals surface area (Å²) in [6.07, 6.45) is 3.68. The summed E-state index contributed by atoms with van der Waals surface area (Å²) in [7, 11) is 1.66. The molecule has 3 heterocycles. The SMILES string of the molecule is COC[C@H](C)Nc1ncc2c(-c3ccc4c(c3)OCCNC4=O)c[nH]c2n1. The molecule has 8 heteroatoms. The van der Waals surface area contributed by atoms with E-state index in [0.29, 0.717) is 37.0 Å². The Bertz CT molecular complexity index is 985. The van der Waals surface area contributed by atoms with Crippen LogP contribution in [0.4, 0.5) is 5.95 Å². The van der Waals surface area contributed by atoms with Gasteiger partial charge in [0.05, 0.1) is 18.7 Å². The average Bonchev–Trinajstić information content (AvgIpc) is 2.99. The van der Waals surface area contributed by atoms with Crippen LogP contribution in [0.1, 0.15) is 17.3 Å². The van der Waals surface area contributed by atoms with Gasteiger partial charge in [-0.2, -0.15) is 4.98 Å². The second kappa shape index (κ2) is 7.24. The molecular weight excluding hydrogens is 346 g/mol. The fourth-order valence-electron chi connectivity index (χ4n) is 3.15. The standard InChI is InChI=1S/C19H21N5O3/c1-11(10-26-2)23-19-22-9-15-14(8-21-17(15)24-19)12-3-4-13-16(7-12)27-6-5-20-18(13)25/h3-4,7-9,11H,5-6,10H2,1-2H3,(H,20,25)(H2,21,22,23,24)/t11-/m0/s1. The highest BCUT2D eigenvalue weighted by atomic mass is 16.5. The van der Waals surface area contributed by atoms with Crippen LogP contribution in [0.15, 0.2) is 30.6 Å². The van der Waals surface area contributed by atoms with E-state index in [4.69, 9.17) is 9.47 Å². The third-order valence-corrected chi connectivity index (χ3v) is 4.41. The Morgan fingerprint density at radius 3 is 3.11 bits per heavy atom. The van der Waals surface area contributed by atoms with Gasteiger partial charge >= 0.3 is 0 Å². The van der Waals surface area contributed by atoms with Crippen LogP contribution >= 0.6 is 0 Å². The minimum absolute atomic E-state index is 0.106. The highest BCUT2D eigenvalue weighted by molar-refractivity contribution is 5.99. The smallest absolute Gasteiger partial charge is 0.255 e. The molecule has 0 saturated carbocycles. The zero-order valence-corrected chi connectivity index (χ0v) is 15.2. The van der Waals surface area contributed by atoms with Crippen LogP contribution in [-0.2, 0) is 4.74 Å². The van der Waals surface area contributed by atoms with Crippen LogP contribution < -0.4 is 15.4 Å². The van der Waals surface area contributed by atoms with Gasteiger partial charge in [-0.15, -0.1) is 0 Å². The quantitative estimate of drug-likeness (QED) is 0.639. The molecule has 0 bridgehead atoms. The second-order valence-corrected chi connectivity index (χ2v) is 6.47. The Balaban J connectivity index is 1.66. The number of amides is 1. The molecule has 0 radical (unpaired) electrons. The van der Waals surface area contributed by atoms with E-state index in [1.165, 1.54) is 0 Å². The van der Waals surface area contributed by atoms with Crippen molar-refractivity contribution in [3.8, 4) is 16.9 Å². The van der Waals surface area contributed by atoms with Gasteiger partial charge in [-0.25, -0.2) is 4.98 Å². The first-order valence-electron chi connectivity index (χ1n) is 8.80. The minimum atomic E-state index is -0.114. The van der Waals surface area contributed by atoms with Crippen molar-refractivity contribution in [1.29, 1.82) is 0 Å². The zero-order chi connectivity index (χ0) is 18.8. The lowest BCUT2D eigenvalue weighted by atomic mass is 10.0. The number of aromatic nitrogens is 3. The van der Waals surface area contributed by atoms with Gasteiger partial charge in [-0.3, -0.25) is 4.79 Å². The lowest BCUT2D eigenvalue weighted by Gasteiger charge is -2.12. The van der Waals surface area contributed by atoms with Crippen molar-refractivity contribution in [3.63, 3.8) is 0 Å². The first-order valence-corrected chi connectivity index (χ1v) is 8.80. The predicted molar refractivity (Wildman–Crippen MR) is 102 cm³/mol. The third-order valence-electron chi connectivity index (χ3n) is 4.41. The van der Waals surface area contributed by atoms with Gasteiger partial charge in [0.25, 0.3) is 5.91 Å². The maximum Gasteiger partial charge on any atom is 0.255 e. The Hall–Kier alpha value is -3.13. The van der Waals surface area contributed by atoms with Crippen molar-refractivity contribution in [3.05, 3.63) is 36.2 Å². The number of methoxy groups -OCH3 is 1. The number of nitrogens with zero attached hydrogens (tertiary/aromatic N) is 2. The number of hydrogen-bond donors (Lipinski definition) is 3. The van der Waals surface area contributed by atoms with E-state index in [9.17, 15) is 4.79 Å². The van der Waals surface area contributed by atoms with Crippen LogP contribution in [0.25, 0.3) is 22.2 Å². The maximum absolute atomic E-state index is 12.1. The molecule has 3 N–H and O–H groups in total. The number of nitrogens with one attached hydrogen (secondary N) is 3. The Kier molecular flexibility index (Phi) is 4.64. The van der Waals surface area contributed by atoms with Crippen molar-refractivity contribution < 1.29 is 14.3 Å². The molecule has 4 rings (SSSR count). The fraction of sp³-hybridized carbons (Fsp3) is 0.316. The number of hydrogen-bond acceptors (Lipinski definition) is 6. The number of H-pyrrole nitrogens is 1. The summed E-state index contributed by atoms with van der Waals surface area (Å²) in [5.41, 5.74) is 3.18. The van der Waals surface area contributed by atoms with Crippen molar-refractivity contribution in [2.24, 2.45) is 0 Å². The number of anilines is 1. The molecule has 8 nitrogen and oxygen atoms in total. The monoisotopic (exact) mass is 367 g/mol. The van der Waals surface area contributed by atoms with E-state index in [1.807, 2.05) is 25.3 Å². The lowest BCUT2D eigenvalue weighted by Crippen LogP contribution is -2.24. The summed E-state index contributed by atoms with van der Waals surface area (Å²) < 4.78 is 10.8. The van der Waals surface area contributed by atoms with Gasteiger partial charge in [-0.1, -0.05) is 6.07 Å². The highest BCUT2D eigenvalue weighted by Gasteiger charge is 2.18. The van der Waals surface area contributed by atoms with Gasteiger partial charge < -0.3 is 25.1 Å². The van der Waals surface area contributed by atoms with Crippen molar-refractivity contribution >= 4 is 22.9 Å². The molecular formula is C19H21N5O3. The number of carbonyl (C=O) groups is 1. The molecule has 1 aromatic carbocycles. The van der Waals surface area contributed by atoms with E-state index < -0.39 is 0 Å². The van der Waals surface area contributed by atoms with Crippen LogP contribution in [0.5, 0.6) is 5.75 Å². The van der Waals surface area contributed by atoms with Gasteiger partial charge in [0.2, 0.25) is 5.95 Å². The van der Waals surface area contributed by atoms with Gasteiger partial charge in [0, 0.05) is 36.5 Å². The molecule has 1 amide bonds. The summed E-state index contributed by atoms with van der Waals surface area (Å²) >= 11 is 0. The van der Waals surface area contributed by atoms with E-state index in [-0.39, 0.29) is 11.9 Å². The van der Waals surface area contributed by atoms with Gasteiger partial charge in [0.15, 0.2) is 0 Å². The zero-order valence-electron chi connectivity index (χ0n) is 15.2. The molecule has 2 aromatic heterocycles. The molecule has 3 aromatic rings. The molecule has 1 atom stereocenters. The third kappa shape index (κ3) is 3.43. The fourth-order valence-corrected chi connectivity index (χ4v) is 3.15. The van der Waals surface area contributed by atoms with E-state index >= 15 is 0 Å². The molecule has 0 saturated heterocycles. The number of carbonyl (C=O) groups excluding carboxylic acids is 1. The summed E-state index contributed by atoms with van der Waals surface area (Å²) in [5.74, 6) is 1.02. The topological polar surface area (TPSA) is 101 Å². The summed E-state index contributed by atoms with van der Waals surface area (Å²) in [6, 6.07) is 5.68. The van der Waals surface area contributed by atoms with Gasteiger partial charge in [0.1, 0.15) is 18.0 Å². The summed E-state index contributed by atoms with van der Waals surface area (Å²) in [4.78, 5) is 24.2. The summed E-state index contributed by atoms with van der Waals surface area (Å²) in [6.45, 7) is 3.53. The molecule has 0 aliphatic carbocycles. The van der Waals surface area contributed by atoms with Crippen LogP contribution in [0, 0.1) is 0 Å². The molecule has 1 aliphatic rings. The Morgan fingerprint density at radius 2 is 2.26 bits per heavy atom. The van der Waals surface area contributed by atoms with Crippen LogP contribution in [0.3, 0.4) is 0 Å². The molecule has 140 valence electrons. The largest absolute Gasteiger partial charge is 0.491 e. The normalized spacial score (nSPS) is 14.8. The Labute approximate surface area is 156 Å². The number of fused-ring (bicyclic) bond motifs is 2. The molecule has 0 unspecified atom stereocenters.